The van der Waals surface area contributed by atoms with E-state index in [0.717, 1.165) is 17.0 Å². The van der Waals surface area contributed by atoms with Crippen molar-refractivity contribution in [2.45, 2.75) is 64.2 Å². The molecule has 0 bridgehead atoms. The zero-order valence-corrected chi connectivity index (χ0v) is 16.7. The number of hydrogen-bond acceptors (Lipinski definition) is 4. The van der Waals surface area contributed by atoms with Gasteiger partial charge in [-0.15, -0.1) is 0 Å². The van der Waals surface area contributed by atoms with Gasteiger partial charge in [0, 0.05) is 23.5 Å². The molecule has 4 rings (SSSR count). The highest BCUT2D eigenvalue weighted by atomic mass is 16.5. The van der Waals surface area contributed by atoms with Crippen LogP contribution in [0.25, 0.3) is 22.8 Å². The van der Waals surface area contributed by atoms with Gasteiger partial charge in [-0.25, -0.2) is 0 Å². The van der Waals surface area contributed by atoms with Gasteiger partial charge in [0.15, 0.2) is 0 Å². The maximum Gasteiger partial charge on any atom is 0.258 e. The van der Waals surface area contributed by atoms with Gasteiger partial charge in [0.1, 0.15) is 0 Å². The minimum absolute atomic E-state index is 0.568. The molecule has 0 saturated heterocycles. The fourth-order valence-electron chi connectivity index (χ4n) is 4.32. The topological polar surface area (TPSA) is 51.8 Å². The largest absolute Gasteiger partial charge is 0.334 e. The van der Waals surface area contributed by atoms with Crippen molar-refractivity contribution in [3.63, 3.8) is 0 Å². The van der Waals surface area contributed by atoms with E-state index >= 15 is 0 Å². The smallest absolute Gasteiger partial charge is 0.258 e. The van der Waals surface area contributed by atoms with Gasteiger partial charge >= 0.3 is 0 Å². The van der Waals surface area contributed by atoms with Crippen LogP contribution in [0.3, 0.4) is 0 Å². The summed E-state index contributed by atoms with van der Waals surface area (Å²) >= 11 is 0. The van der Waals surface area contributed by atoms with Crippen molar-refractivity contribution in [2.75, 3.05) is 0 Å². The third-order valence-corrected chi connectivity index (χ3v) is 6.06. The molecule has 4 nitrogen and oxygen atoms in total. The zero-order chi connectivity index (χ0) is 19.2. The van der Waals surface area contributed by atoms with Crippen LogP contribution in [-0.2, 0) is 0 Å². The highest BCUT2D eigenvalue weighted by Gasteiger charge is 2.22. The maximum absolute atomic E-state index is 5.47. The van der Waals surface area contributed by atoms with Crippen molar-refractivity contribution in [3.8, 4) is 22.8 Å². The molecule has 2 heterocycles. The van der Waals surface area contributed by atoms with Crippen LogP contribution in [0.15, 0.2) is 53.3 Å². The fourth-order valence-corrected chi connectivity index (χ4v) is 4.32. The molecule has 146 valence electrons. The number of rotatable bonds is 7. The lowest BCUT2D eigenvalue weighted by molar-refractivity contribution is 0.303. The van der Waals surface area contributed by atoms with Crippen LogP contribution in [0.5, 0.6) is 0 Å². The average molecular weight is 376 g/mol. The second kappa shape index (κ2) is 9.13. The molecule has 0 atom stereocenters. The molecule has 3 aromatic rings. The molecule has 1 fully saturated rings. The number of nitrogens with zero attached hydrogens (tertiary/aromatic N) is 3. The molecule has 4 heteroatoms. The Labute approximate surface area is 167 Å². The first-order valence-corrected chi connectivity index (χ1v) is 10.7. The molecule has 0 spiro atoms. The number of hydrogen-bond donors (Lipinski definition) is 0. The monoisotopic (exact) mass is 375 g/mol. The molecule has 0 amide bonds. The standard InChI is InChI=1S/C24H29N3O/c1-2-3-4-5-18-6-8-19(9-7-18)20-10-12-22(13-11-20)24-26-23(27-28-24)21-14-16-25-17-15-21/h10-19H,2-9H2,1H3. The first kappa shape index (κ1) is 18.9. The van der Waals surface area contributed by atoms with Crippen LogP contribution in [0.2, 0.25) is 0 Å². The van der Waals surface area contributed by atoms with Gasteiger partial charge in [-0.1, -0.05) is 49.9 Å². The van der Waals surface area contributed by atoms with Gasteiger partial charge in [-0.2, -0.15) is 4.98 Å². The minimum atomic E-state index is 0.568. The minimum Gasteiger partial charge on any atom is -0.334 e. The Morgan fingerprint density at radius 3 is 2.36 bits per heavy atom. The predicted octanol–water partition coefficient (Wildman–Crippen LogP) is 6.65. The summed E-state index contributed by atoms with van der Waals surface area (Å²) in [5, 5.41) is 4.10. The van der Waals surface area contributed by atoms with Crippen LogP contribution >= 0.6 is 0 Å². The first-order valence-electron chi connectivity index (χ1n) is 10.7. The third-order valence-electron chi connectivity index (χ3n) is 6.06. The summed E-state index contributed by atoms with van der Waals surface area (Å²) in [6, 6.07) is 12.5. The van der Waals surface area contributed by atoms with Crippen molar-refractivity contribution < 1.29 is 4.52 Å². The Morgan fingerprint density at radius 1 is 0.893 bits per heavy atom. The number of benzene rings is 1. The zero-order valence-electron chi connectivity index (χ0n) is 16.7. The Morgan fingerprint density at radius 2 is 1.64 bits per heavy atom. The molecule has 0 radical (unpaired) electrons. The van der Waals surface area contributed by atoms with E-state index in [0.29, 0.717) is 17.6 Å². The van der Waals surface area contributed by atoms with E-state index in [9.17, 15) is 0 Å². The van der Waals surface area contributed by atoms with Crippen molar-refractivity contribution in [1.29, 1.82) is 0 Å². The molecular formula is C24H29N3O. The molecule has 0 unspecified atom stereocenters. The molecule has 1 aliphatic carbocycles. The van der Waals surface area contributed by atoms with E-state index in [2.05, 4.69) is 46.3 Å². The van der Waals surface area contributed by atoms with Gasteiger partial charge in [-0.05, 0) is 67.3 Å². The number of aromatic nitrogens is 3. The maximum atomic E-state index is 5.47. The lowest BCUT2D eigenvalue weighted by atomic mass is 9.77. The average Bonchev–Trinajstić information content (AvgIpc) is 3.26. The lowest BCUT2D eigenvalue weighted by Gasteiger charge is -2.29. The van der Waals surface area contributed by atoms with Crippen molar-refractivity contribution >= 4 is 0 Å². The molecule has 0 N–H and O–H groups in total. The molecule has 1 saturated carbocycles. The fraction of sp³-hybridized carbons (Fsp3) is 0.458. The highest BCUT2D eigenvalue weighted by molar-refractivity contribution is 5.59. The Hall–Kier alpha value is -2.49. The van der Waals surface area contributed by atoms with Crippen molar-refractivity contribution in [2.24, 2.45) is 5.92 Å². The molecular weight excluding hydrogens is 346 g/mol. The number of unbranched alkanes of at least 4 members (excludes halogenated alkanes) is 2. The summed E-state index contributed by atoms with van der Waals surface area (Å²) in [5.41, 5.74) is 3.34. The van der Waals surface area contributed by atoms with E-state index in [1.165, 1.54) is 56.9 Å². The van der Waals surface area contributed by atoms with Crippen molar-refractivity contribution in [3.05, 3.63) is 54.4 Å². The molecule has 2 aromatic heterocycles. The number of pyridine rings is 1. The summed E-state index contributed by atoms with van der Waals surface area (Å²) in [7, 11) is 0. The van der Waals surface area contributed by atoms with Gasteiger partial charge in [-0.3, -0.25) is 4.98 Å². The first-order chi connectivity index (χ1) is 13.8. The summed E-state index contributed by atoms with van der Waals surface area (Å²) < 4.78 is 5.47. The molecule has 28 heavy (non-hydrogen) atoms. The van der Waals surface area contributed by atoms with Gasteiger partial charge in [0.25, 0.3) is 5.89 Å². The van der Waals surface area contributed by atoms with Gasteiger partial charge in [0.2, 0.25) is 5.82 Å². The van der Waals surface area contributed by atoms with Crippen LogP contribution in [0.1, 0.15) is 69.8 Å². The predicted molar refractivity (Wildman–Crippen MR) is 112 cm³/mol. The molecule has 1 aromatic carbocycles. The summed E-state index contributed by atoms with van der Waals surface area (Å²) in [4.78, 5) is 8.56. The van der Waals surface area contributed by atoms with Gasteiger partial charge in [0.05, 0.1) is 0 Å². The van der Waals surface area contributed by atoms with Crippen LogP contribution in [0.4, 0.5) is 0 Å². The van der Waals surface area contributed by atoms with E-state index in [1.54, 1.807) is 12.4 Å². The summed E-state index contributed by atoms with van der Waals surface area (Å²) in [6.07, 6.45) is 14.4. The summed E-state index contributed by atoms with van der Waals surface area (Å²) in [5.74, 6) is 2.82. The summed E-state index contributed by atoms with van der Waals surface area (Å²) in [6.45, 7) is 2.29. The van der Waals surface area contributed by atoms with Gasteiger partial charge < -0.3 is 4.52 Å². The quantitative estimate of drug-likeness (QED) is 0.434. The Bertz CT molecular complexity index is 849. The van der Waals surface area contributed by atoms with Crippen LogP contribution in [0, 0.1) is 5.92 Å². The Kier molecular flexibility index (Phi) is 6.15. The van der Waals surface area contributed by atoms with E-state index in [4.69, 9.17) is 4.52 Å². The van der Waals surface area contributed by atoms with Crippen LogP contribution in [-0.4, -0.2) is 15.1 Å². The second-order valence-electron chi connectivity index (χ2n) is 7.99. The normalized spacial score (nSPS) is 19.6. The van der Waals surface area contributed by atoms with Crippen molar-refractivity contribution in [1.82, 2.24) is 15.1 Å². The van der Waals surface area contributed by atoms with E-state index in [-0.39, 0.29) is 0 Å². The third kappa shape index (κ3) is 4.49. The van der Waals surface area contributed by atoms with E-state index in [1.807, 2.05) is 12.1 Å². The highest BCUT2D eigenvalue weighted by Crippen LogP contribution is 2.38. The molecule has 1 aliphatic rings. The van der Waals surface area contributed by atoms with E-state index < -0.39 is 0 Å². The lowest BCUT2D eigenvalue weighted by Crippen LogP contribution is -2.13. The second-order valence-corrected chi connectivity index (χ2v) is 7.99. The molecule has 0 aliphatic heterocycles. The SMILES string of the molecule is CCCCCC1CCC(c2ccc(-c3nc(-c4ccncc4)no3)cc2)CC1. The Balaban J connectivity index is 1.37. The van der Waals surface area contributed by atoms with Crippen LogP contribution < -0.4 is 0 Å².